The van der Waals surface area contributed by atoms with Crippen molar-refractivity contribution in [2.24, 2.45) is 5.92 Å². The molecule has 4 rings (SSSR count). The van der Waals surface area contributed by atoms with Gasteiger partial charge in [0.2, 0.25) is 0 Å². The van der Waals surface area contributed by atoms with Crippen molar-refractivity contribution >= 4 is 33.0 Å². The van der Waals surface area contributed by atoms with Crippen molar-refractivity contribution < 1.29 is 40.6 Å². The number of sulfonamides is 1. The Balaban J connectivity index is 1.66. The summed E-state index contributed by atoms with van der Waals surface area (Å²) in [4.78, 5) is 15.1. The molecular formula is C25H24F4N2O5S2. The zero-order valence-corrected chi connectivity index (χ0v) is 21.9. The largest absolute Gasteiger partial charge is 0.495 e. The molecule has 0 bridgehead atoms. The number of methoxy groups -OCH3 is 1. The Labute approximate surface area is 220 Å². The second-order valence-corrected chi connectivity index (χ2v) is 11.7. The molecule has 7 nitrogen and oxygen atoms in total. The van der Waals surface area contributed by atoms with Gasteiger partial charge in [0.1, 0.15) is 16.6 Å². The third-order valence-corrected chi connectivity index (χ3v) is 8.86. The van der Waals surface area contributed by atoms with Crippen LogP contribution in [0, 0.1) is 11.7 Å². The van der Waals surface area contributed by atoms with Crippen LogP contribution in [0.3, 0.4) is 0 Å². The van der Waals surface area contributed by atoms with Crippen molar-refractivity contribution in [1.82, 2.24) is 4.98 Å². The molecule has 3 aromatic rings. The highest BCUT2D eigenvalue weighted by atomic mass is 32.2. The lowest BCUT2D eigenvalue weighted by atomic mass is 9.79. The number of rotatable bonds is 7. The first-order chi connectivity index (χ1) is 17.8. The molecule has 0 radical (unpaired) electrons. The van der Waals surface area contributed by atoms with Crippen molar-refractivity contribution in [3.8, 4) is 16.3 Å². The second kappa shape index (κ2) is 10.5. The number of halogens is 4. The number of aromatic nitrogens is 1. The highest BCUT2D eigenvalue weighted by molar-refractivity contribution is 7.92. The molecule has 1 heterocycles. The van der Waals surface area contributed by atoms with E-state index < -0.39 is 49.8 Å². The van der Waals surface area contributed by atoms with E-state index in [4.69, 9.17) is 9.84 Å². The minimum atomic E-state index is -4.69. The predicted molar refractivity (Wildman–Crippen MR) is 134 cm³/mol. The molecule has 0 unspecified atom stereocenters. The fraction of sp³-hybridized carbons (Fsp3) is 0.360. The van der Waals surface area contributed by atoms with Gasteiger partial charge in [-0.1, -0.05) is 31.9 Å². The van der Waals surface area contributed by atoms with Gasteiger partial charge in [0.25, 0.3) is 10.0 Å². The van der Waals surface area contributed by atoms with Crippen LogP contribution in [0.15, 0.2) is 40.7 Å². The van der Waals surface area contributed by atoms with Gasteiger partial charge in [-0.15, -0.1) is 11.3 Å². The van der Waals surface area contributed by atoms with Gasteiger partial charge >= 0.3 is 12.1 Å². The summed E-state index contributed by atoms with van der Waals surface area (Å²) in [6.07, 6.45) is -1.18. The number of nitrogens with zero attached hydrogens (tertiary/aromatic N) is 1. The van der Waals surface area contributed by atoms with E-state index in [-0.39, 0.29) is 22.2 Å². The zero-order valence-electron chi connectivity index (χ0n) is 20.3. The number of carboxylic acids is 1. The third kappa shape index (κ3) is 5.78. The summed E-state index contributed by atoms with van der Waals surface area (Å²) in [6.45, 7) is 2.13. The molecule has 0 amide bonds. The molecule has 0 spiro atoms. The maximum Gasteiger partial charge on any atom is 0.417 e. The third-order valence-electron chi connectivity index (χ3n) is 6.59. The van der Waals surface area contributed by atoms with Crippen molar-refractivity contribution in [3.63, 3.8) is 0 Å². The molecule has 1 aliphatic carbocycles. The molecule has 0 atom stereocenters. The molecule has 1 aromatic heterocycles. The summed E-state index contributed by atoms with van der Waals surface area (Å²) in [5.74, 6) is -2.49. The Morgan fingerprint density at radius 1 is 1.16 bits per heavy atom. The topological polar surface area (TPSA) is 106 Å². The fourth-order valence-electron chi connectivity index (χ4n) is 4.50. The van der Waals surface area contributed by atoms with E-state index in [2.05, 4.69) is 16.6 Å². The molecule has 1 aliphatic rings. The van der Waals surface area contributed by atoms with E-state index in [1.165, 1.54) is 6.07 Å². The smallest absolute Gasteiger partial charge is 0.417 e. The fourth-order valence-corrected chi connectivity index (χ4v) is 6.69. The van der Waals surface area contributed by atoms with Crippen LogP contribution in [0.2, 0.25) is 0 Å². The number of anilines is 1. The van der Waals surface area contributed by atoms with Gasteiger partial charge in [-0.3, -0.25) is 4.72 Å². The highest BCUT2D eigenvalue weighted by Gasteiger charge is 2.36. The molecule has 2 N–H and O–H groups in total. The standard InChI is InChI=1S/C25H24F4N2O5S2/c1-13-3-5-14(6-4-13)15-7-8-16(18(9-15)25(27,28)29)23-30-22(12-37-23)38(34,35)31-20-11-19(26)17(24(32)33)10-21(20)36-2/h7-14,31H,3-6H2,1-2H3,(H,32,33). The average Bonchev–Trinajstić information content (AvgIpc) is 3.35. The lowest BCUT2D eigenvalue weighted by molar-refractivity contribution is -0.137. The molecule has 1 fully saturated rings. The number of carboxylic acid groups (broad SMARTS) is 1. The Morgan fingerprint density at radius 3 is 2.45 bits per heavy atom. The van der Waals surface area contributed by atoms with Gasteiger partial charge in [-0.05, 0) is 42.4 Å². The van der Waals surface area contributed by atoms with E-state index in [1.807, 2.05) is 0 Å². The number of hydrogen-bond acceptors (Lipinski definition) is 6. The van der Waals surface area contributed by atoms with Gasteiger partial charge in [0.15, 0.2) is 5.03 Å². The van der Waals surface area contributed by atoms with E-state index in [0.717, 1.165) is 61.6 Å². The van der Waals surface area contributed by atoms with Crippen LogP contribution in [0.1, 0.15) is 60.0 Å². The molecule has 1 saturated carbocycles. The van der Waals surface area contributed by atoms with Crippen LogP contribution in [-0.2, 0) is 16.2 Å². The van der Waals surface area contributed by atoms with Crippen LogP contribution < -0.4 is 9.46 Å². The Morgan fingerprint density at radius 2 is 1.84 bits per heavy atom. The Hall–Kier alpha value is -3.19. The number of carbonyl (C=O) groups is 1. The number of benzene rings is 2. The normalized spacial score (nSPS) is 18.3. The van der Waals surface area contributed by atoms with Crippen molar-refractivity contribution in [3.05, 3.63) is 58.2 Å². The highest BCUT2D eigenvalue weighted by Crippen LogP contribution is 2.43. The summed E-state index contributed by atoms with van der Waals surface area (Å²) in [5.41, 5.74) is -1.67. The first-order valence-corrected chi connectivity index (χ1v) is 14.0. The molecule has 2 aromatic carbocycles. The summed E-state index contributed by atoms with van der Waals surface area (Å²) < 4.78 is 89.2. The lowest BCUT2D eigenvalue weighted by Crippen LogP contribution is -2.15. The maximum absolute atomic E-state index is 14.2. The van der Waals surface area contributed by atoms with Gasteiger partial charge in [-0.25, -0.2) is 14.2 Å². The molecule has 13 heteroatoms. The molecule has 204 valence electrons. The van der Waals surface area contributed by atoms with E-state index in [9.17, 15) is 30.8 Å². The number of nitrogens with one attached hydrogen (secondary N) is 1. The van der Waals surface area contributed by atoms with Crippen LogP contribution >= 0.6 is 11.3 Å². The van der Waals surface area contributed by atoms with E-state index >= 15 is 0 Å². The SMILES string of the molecule is COc1cc(C(=O)O)c(F)cc1NS(=O)(=O)c1csc(-c2ccc(C3CCC(C)CC3)cc2C(F)(F)F)n1. The average molecular weight is 573 g/mol. The lowest BCUT2D eigenvalue weighted by Gasteiger charge is -2.27. The number of ether oxygens (including phenoxy) is 1. The zero-order chi connectivity index (χ0) is 27.8. The van der Waals surface area contributed by atoms with E-state index in [0.29, 0.717) is 17.5 Å². The minimum Gasteiger partial charge on any atom is -0.495 e. The van der Waals surface area contributed by atoms with Crippen LogP contribution in [0.5, 0.6) is 5.75 Å². The summed E-state index contributed by atoms with van der Waals surface area (Å²) >= 11 is 0.718. The second-order valence-electron chi connectivity index (χ2n) is 9.19. The predicted octanol–water partition coefficient (Wildman–Crippen LogP) is 6.77. The van der Waals surface area contributed by atoms with Crippen molar-refractivity contribution in [2.45, 2.75) is 49.7 Å². The first-order valence-electron chi connectivity index (χ1n) is 11.6. The van der Waals surface area contributed by atoms with Crippen LogP contribution in [-0.4, -0.2) is 31.6 Å². The van der Waals surface area contributed by atoms with E-state index in [1.54, 1.807) is 6.07 Å². The van der Waals surface area contributed by atoms with Gasteiger partial charge in [0.05, 0.1) is 23.9 Å². The quantitative estimate of drug-likeness (QED) is 0.303. The summed E-state index contributed by atoms with van der Waals surface area (Å²) in [6, 6.07) is 5.53. The molecular weight excluding hydrogens is 548 g/mol. The first kappa shape index (κ1) is 27.8. The number of thiazole rings is 1. The molecule has 38 heavy (non-hydrogen) atoms. The minimum absolute atomic E-state index is 0.0284. The number of hydrogen-bond donors (Lipinski definition) is 2. The van der Waals surface area contributed by atoms with Gasteiger partial charge in [-0.2, -0.15) is 21.6 Å². The number of aromatic carboxylic acids is 1. The van der Waals surface area contributed by atoms with Crippen molar-refractivity contribution in [1.29, 1.82) is 0 Å². The maximum atomic E-state index is 14.2. The Bertz CT molecular complexity index is 1460. The van der Waals surface area contributed by atoms with Crippen LogP contribution in [0.25, 0.3) is 10.6 Å². The summed E-state index contributed by atoms with van der Waals surface area (Å²) in [7, 11) is -3.36. The number of alkyl halides is 3. The van der Waals surface area contributed by atoms with Gasteiger partial charge < -0.3 is 9.84 Å². The molecule has 0 saturated heterocycles. The van der Waals surface area contributed by atoms with Crippen LogP contribution in [0.4, 0.5) is 23.2 Å². The molecule has 0 aliphatic heterocycles. The Kier molecular flexibility index (Phi) is 7.71. The van der Waals surface area contributed by atoms with Crippen molar-refractivity contribution in [2.75, 3.05) is 11.8 Å². The monoisotopic (exact) mass is 572 g/mol. The van der Waals surface area contributed by atoms with Gasteiger partial charge in [0, 0.05) is 17.0 Å². The summed E-state index contributed by atoms with van der Waals surface area (Å²) in [5, 5.41) is 9.39.